The first-order chi connectivity index (χ1) is 9.51. The number of imidazole rings is 1. The lowest BCUT2D eigenvalue weighted by molar-refractivity contribution is 0.188. The molecule has 1 aromatic heterocycles. The summed E-state index contributed by atoms with van der Waals surface area (Å²) in [5, 5.41) is 2.76. The van der Waals surface area contributed by atoms with Crippen LogP contribution in [0.4, 0.5) is 24.8 Å². The molecule has 1 aromatic carbocycles. The van der Waals surface area contributed by atoms with Crippen LogP contribution in [0.25, 0.3) is 0 Å². The van der Waals surface area contributed by atoms with Gasteiger partial charge < -0.3 is 14.6 Å². The van der Waals surface area contributed by atoms with Crippen LogP contribution in [0.2, 0.25) is 0 Å². The summed E-state index contributed by atoms with van der Waals surface area (Å²) in [5.74, 6) is -3.59. The van der Waals surface area contributed by atoms with Crippen molar-refractivity contribution in [2.45, 2.75) is 13.5 Å². The molecule has 0 atom stereocenters. The van der Waals surface area contributed by atoms with Crippen molar-refractivity contribution in [1.29, 1.82) is 0 Å². The zero-order chi connectivity index (χ0) is 14.7. The van der Waals surface area contributed by atoms with Gasteiger partial charge in [-0.25, -0.2) is 18.2 Å². The fraction of sp³-hybridized carbons (Fsp3) is 0.308. The molecule has 4 nitrogen and oxygen atoms in total. The van der Waals surface area contributed by atoms with Gasteiger partial charge in [0, 0.05) is 37.7 Å². The Morgan fingerprint density at radius 2 is 1.90 bits per heavy atom. The Balaban J connectivity index is 2.25. The van der Waals surface area contributed by atoms with Crippen LogP contribution in [-0.2, 0) is 11.3 Å². The van der Waals surface area contributed by atoms with E-state index in [-0.39, 0.29) is 5.69 Å². The maximum Gasteiger partial charge on any atom is 0.207 e. The number of halogens is 3. The van der Waals surface area contributed by atoms with E-state index in [4.69, 9.17) is 4.74 Å². The third-order valence-electron chi connectivity index (χ3n) is 2.67. The normalized spacial score (nSPS) is 10.8. The predicted molar refractivity (Wildman–Crippen MR) is 68.4 cm³/mol. The standard InChI is InChI=1S/C13H14F3N3O/c1-8-7-19(3-4-20-2)13(17-8)18-9-5-10(14)12(16)11(15)6-9/h5-7H,3-4H2,1-2H3,(H,17,18). The number of hydrogen-bond donors (Lipinski definition) is 1. The van der Waals surface area contributed by atoms with E-state index < -0.39 is 17.5 Å². The molecule has 2 rings (SSSR count). The molecule has 0 spiro atoms. The molecule has 0 bridgehead atoms. The summed E-state index contributed by atoms with van der Waals surface area (Å²) in [5.41, 5.74) is 0.831. The van der Waals surface area contributed by atoms with E-state index in [0.717, 1.165) is 17.8 Å². The zero-order valence-corrected chi connectivity index (χ0v) is 11.1. The summed E-state index contributed by atoms with van der Waals surface area (Å²) in [6.07, 6.45) is 1.78. The SMILES string of the molecule is COCCn1cc(C)nc1Nc1cc(F)c(F)c(F)c1. The van der Waals surface area contributed by atoms with E-state index in [2.05, 4.69) is 10.3 Å². The number of ether oxygens (including phenoxy) is 1. The summed E-state index contributed by atoms with van der Waals surface area (Å²) in [7, 11) is 1.57. The maximum absolute atomic E-state index is 13.1. The first kappa shape index (κ1) is 14.4. The Hall–Kier alpha value is -2.02. The summed E-state index contributed by atoms with van der Waals surface area (Å²) in [6, 6.07) is 1.76. The number of nitrogens with one attached hydrogen (secondary N) is 1. The molecule has 0 aliphatic rings. The van der Waals surface area contributed by atoms with E-state index in [9.17, 15) is 13.2 Å². The van der Waals surface area contributed by atoms with E-state index in [1.165, 1.54) is 0 Å². The third-order valence-corrected chi connectivity index (χ3v) is 2.67. The van der Waals surface area contributed by atoms with Crippen LogP contribution in [0.15, 0.2) is 18.3 Å². The van der Waals surface area contributed by atoms with Gasteiger partial charge in [-0.2, -0.15) is 0 Å². The third kappa shape index (κ3) is 3.11. The smallest absolute Gasteiger partial charge is 0.207 e. The number of methoxy groups -OCH3 is 1. The Morgan fingerprint density at radius 3 is 2.50 bits per heavy atom. The monoisotopic (exact) mass is 285 g/mol. The molecule has 0 aliphatic heterocycles. The second-order valence-electron chi connectivity index (χ2n) is 4.27. The van der Waals surface area contributed by atoms with Crippen molar-refractivity contribution in [2.24, 2.45) is 0 Å². The fourth-order valence-electron chi connectivity index (χ4n) is 1.76. The summed E-state index contributed by atoms with van der Waals surface area (Å²) in [6.45, 7) is 2.79. The average Bonchev–Trinajstić information content (AvgIpc) is 2.73. The highest BCUT2D eigenvalue weighted by Gasteiger charge is 2.12. The lowest BCUT2D eigenvalue weighted by Gasteiger charge is -2.09. The number of nitrogens with zero attached hydrogens (tertiary/aromatic N) is 2. The number of anilines is 2. The molecule has 0 amide bonds. The number of aryl methyl sites for hydroxylation is 1. The van der Waals surface area contributed by atoms with Crippen molar-refractivity contribution >= 4 is 11.6 Å². The minimum atomic E-state index is -1.49. The number of hydrogen-bond acceptors (Lipinski definition) is 3. The number of aromatic nitrogens is 2. The maximum atomic E-state index is 13.1. The molecule has 7 heteroatoms. The second kappa shape index (κ2) is 5.96. The van der Waals surface area contributed by atoms with Gasteiger partial charge in [-0.3, -0.25) is 0 Å². The van der Waals surface area contributed by atoms with E-state index >= 15 is 0 Å². The van der Waals surface area contributed by atoms with Crippen molar-refractivity contribution in [1.82, 2.24) is 9.55 Å². The minimum absolute atomic E-state index is 0.0886. The fourth-order valence-corrected chi connectivity index (χ4v) is 1.76. The first-order valence-corrected chi connectivity index (χ1v) is 5.95. The first-order valence-electron chi connectivity index (χ1n) is 5.95. The van der Waals surface area contributed by atoms with Gasteiger partial charge in [0.25, 0.3) is 0 Å². The molecule has 0 radical (unpaired) electrons. The lowest BCUT2D eigenvalue weighted by Crippen LogP contribution is -2.07. The van der Waals surface area contributed by atoms with Crippen LogP contribution in [0.5, 0.6) is 0 Å². The van der Waals surface area contributed by atoms with Crippen molar-refractivity contribution in [3.05, 3.63) is 41.5 Å². The van der Waals surface area contributed by atoms with Gasteiger partial charge in [-0.1, -0.05) is 0 Å². The molecule has 0 unspecified atom stereocenters. The predicted octanol–water partition coefficient (Wildman–Crippen LogP) is 3.00. The van der Waals surface area contributed by atoms with Crippen LogP contribution < -0.4 is 5.32 Å². The lowest BCUT2D eigenvalue weighted by atomic mass is 10.3. The highest BCUT2D eigenvalue weighted by molar-refractivity contribution is 5.54. The topological polar surface area (TPSA) is 39.1 Å². The van der Waals surface area contributed by atoms with Crippen LogP contribution in [0, 0.1) is 24.4 Å². The molecule has 0 saturated heterocycles. The van der Waals surface area contributed by atoms with Crippen molar-refractivity contribution in [3.8, 4) is 0 Å². The Morgan fingerprint density at radius 1 is 1.25 bits per heavy atom. The highest BCUT2D eigenvalue weighted by atomic mass is 19.2. The summed E-state index contributed by atoms with van der Waals surface area (Å²) in [4.78, 5) is 4.20. The Labute approximate surface area is 114 Å². The molecule has 20 heavy (non-hydrogen) atoms. The van der Waals surface area contributed by atoms with Gasteiger partial charge in [-0.15, -0.1) is 0 Å². The molecule has 2 aromatic rings. The van der Waals surface area contributed by atoms with Gasteiger partial charge in [-0.05, 0) is 6.92 Å². The molecule has 1 heterocycles. The molecule has 0 aliphatic carbocycles. The van der Waals surface area contributed by atoms with E-state index in [1.54, 1.807) is 24.8 Å². The van der Waals surface area contributed by atoms with E-state index in [1.807, 2.05) is 0 Å². The van der Waals surface area contributed by atoms with E-state index in [0.29, 0.717) is 19.1 Å². The largest absolute Gasteiger partial charge is 0.383 e. The van der Waals surface area contributed by atoms with Gasteiger partial charge in [0.1, 0.15) is 0 Å². The van der Waals surface area contributed by atoms with Crippen LogP contribution in [-0.4, -0.2) is 23.3 Å². The van der Waals surface area contributed by atoms with Crippen LogP contribution >= 0.6 is 0 Å². The summed E-state index contributed by atoms with van der Waals surface area (Å²) >= 11 is 0. The molecule has 0 saturated carbocycles. The zero-order valence-electron chi connectivity index (χ0n) is 11.1. The van der Waals surface area contributed by atoms with Gasteiger partial charge in [0.15, 0.2) is 17.5 Å². The van der Waals surface area contributed by atoms with Crippen LogP contribution in [0.3, 0.4) is 0 Å². The molecule has 108 valence electrons. The Kier molecular flexibility index (Phi) is 4.29. The van der Waals surface area contributed by atoms with Gasteiger partial charge >= 0.3 is 0 Å². The number of benzene rings is 1. The summed E-state index contributed by atoms with van der Waals surface area (Å²) < 4.78 is 45.9. The molecular weight excluding hydrogens is 271 g/mol. The minimum Gasteiger partial charge on any atom is -0.383 e. The molecule has 1 N–H and O–H groups in total. The number of rotatable bonds is 5. The molecular formula is C13H14F3N3O. The van der Waals surface area contributed by atoms with Crippen molar-refractivity contribution in [2.75, 3.05) is 19.0 Å². The van der Waals surface area contributed by atoms with Crippen LogP contribution in [0.1, 0.15) is 5.69 Å². The van der Waals surface area contributed by atoms with Gasteiger partial charge in [0.05, 0.1) is 12.3 Å². The second-order valence-corrected chi connectivity index (χ2v) is 4.27. The quantitative estimate of drug-likeness (QED) is 0.858. The Bertz CT molecular complexity index is 590. The average molecular weight is 285 g/mol. The van der Waals surface area contributed by atoms with Gasteiger partial charge in [0.2, 0.25) is 5.95 Å². The molecule has 0 fully saturated rings. The highest BCUT2D eigenvalue weighted by Crippen LogP contribution is 2.21. The van der Waals surface area contributed by atoms with Crippen molar-refractivity contribution < 1.29 is 17.9 Å². The van der Waals surface area contributed by atoms with Crippen molar-refractivity contribution in [3.63, 3.8) is 0 Å².